The zero-order valence-electron chi connectivity index (χ0n) is 10.4. The summed E-state index contributed by atoms with van der Waals surface area (Å²) in [5, 5.41) is -0.122. The molecule has 1 aromatic carbocycles. The Morgan fingerprint density at radius 3 is 2.53 bits per heavy atom. The van der Waals surface area contributed by atoms with Gasteiger partial charge in [0, 0.05) is 18.5 Å². The highest BCUT2D eigenvalue weighted by Crippen LogP contribution is 2.33. The Morgan fingerprint density at radius 1 is 1.42 bits per heavy atom. The minimum atomic E-state index is -3.68. The first-order valence-electron chi connectivity index (χ1n) is 5.97. The van der Waals surface area contributed by atoms with E-state index in [0.717, 1.165) is 18.9 Å². The molecular weight excluding hydrogens is 312 g/mol. The summed E-state index contributed by atoms with van der Waals surface area (Å²) in [5.74, 6) is -0.792. The molecule has 19 heavy (non-hydrogen) atoms. The molecule has 1 aliphatic carbocycles. The van der Waals surface area contributed by atoms with Crippen molar-refractivity contribution in [3.8, 4) is 0 Å². The number of hydrogen-bond donors (Lipinski definition) is 0. The summed E-state index contributed by atoms with van der Waals surface area (Å²) < 4.78 is 40.0. The molecule has 3 nitrogen and oxygen atoms in total. The first kappa shape index (κ1) is 15.0. The highest BCUT2D eigenvalue weighted by molar-refractivity contribution is 7.89. The molecule has 0 aliphatic heterocycles. The van der Waals surface area contributed by atoms with Crippen molar-refractivity contribution in [3.63, 3.8) is 0 Å². The lowest BCUT2D eigenvalue weighted by molar-refractivity contribution is 0.420. The van der Waals surface area contributed by atoms with Crippen LogP contribution in [-0.2, 0) is 15.9 Å². The van der Waals surface area contributed by atoms with Crippen molar-refractivity contribution in [1.29, 1.82) is 0 Å². The van der Waals surface area contributed by atoms with E-state index in [1.54, 1.807) is 6.92 Å². The molecule has 0 heterocycles. The number of nitrogens with zero attached hydrogens (tertiary/aromatic N) is 1. The lowest BCUT2D eigenvalue weighted by Crippen LogP contribution is -2.33. The molecule has 1 fully saturated rings. The van der Waals surface area contributed by atoms with E-state index in [2.05, 4.69) is 0 Å². The Bertz CT molecular complexity index is 588. The fraction of sp³-hybridized carbons (Fsp3) is 0.500. The van der Waals surface area contributed by atoms with Gasteiger partial charge in [-0.25, -0.2) is 12.8 Å². The van der Waals surface area contributed by atoms with Gasteiger partial charge in [-0.15, -0.1) is 11.6 Å². The van der Waals surface area contributed by atoms with Crippen LogP contribution >= 0.6 is 23.2 Å². The van der Waals surface area contributed by atoms with Crippen LogP contribution < -0.4 is 0 Å². The van der Waals surface area contributed by atoms with Gasteiger partial charge in [-0.3, -0.25) is 0 Å². The normalized spacial score (nSPS) is 16.1. The smallest absolute Gasteiger partial charge is 0.207 e. The zero-order valence-corrected chi connectivity index (χ0v) is 12.7. The number of sulfonamides is 1. The molecule has 0 spiro atoms. The summed E-state index contributed by atoms with van der Waals surface area (Å²) in [7, 11) is -3.68. The molecule has 0 aromatic heterocycles. The number of alkyl halides is 1. The van der Waals surface area contributed by atoms with Crippen molar-refractivity contribution in [3.05, 3.63) is 28.5 Å². The molecule has 0 N–H and O–H groups in total. The van der Waals surface area contributed by atoms with E-state index in [9.17, 15) is 12.8 Å². The quantitative estimate of drug-likeness (QED) is 0.778. The Kier molecular flexibility index (Phi) is 4.40. The summed E-state index contributed by atoms with van der Waals surface area (Å²) in [6, 6.07) is 2.34. The van der Waals surface area contributed by atoms with Crippen molar-refractivity contribution >= 4 is 33.2 Å². The van der Waals surface area contributed by atoms with E-state index in [1.165, 1.54) is 10.4 Å². The third kappa shape index (κ3) is 2.89. The Hall–Kier alpha value is -0.360. The monoisotopic (exact) mass is 325 g/mol. The fourth-order valence-corrected chi connectivity index (χ4v) is 4.20. The maximum Gasteiger partial charge on any atom is 0.243 e. The van der Waals surface area contributed by atoms with E-state index in [4.69, 9.17) is 23.2 Å². The van der Waals surface area contributed by atoms with Gasteiger partial charge in [-0.1, -0.05) is 18.5 Å². The second-order valence-corrected chi connectivity index (χ2v) is 6.99. The molecule has 0 atom stereocenters. The zero-order chi connectivity index (χ0) is 14.2. The van der Waals surface area contributed by atoms with Crippen molar-refractivity contribution in [2.75, 3.05) is 6.54 Å². The molecule has 0 amide bonds. The van der Waals surface area contributed by atoms with Crippen LogP contribution in [0.2, 0.25) is 5.02 Å². The molecule has 0 radical (unpaired) electrons. The van der Waals surface area contributed by atoms with Crippen molar-refractivity contribution < 1.29 is 12.8 Å². The second-order valence-electron chi connectivity index (χ2n) is 4.45. The lowest BCUT2D eigenvalue weighted by Gasteiger charge is -2.20. The third-order valence-electron chi connectivity index (χ3n) is 3.09. The van der Waals surface area contributed by atoms with Crippen molar-refractivity contribution in [2.24, 2.45) is 0 Å². The predicted molar refractivity (Wildman–Crippen MR) is 73.6 cm³/mol. The highest BCUT2D eigenvalue weighted by atomic mass is 35.5. The standard InChI is InChI=1S/C12H14Cl2FNO2S/c1-2-16(9-3-4-9)19(17,18)10-5-8(7-13)12(14)11(15)6-10/h5-6,9H,2-4,7H2,1H3. The second kappa shape index (κ2) is 5.56. The fourth-order valence-electron chi connectivity index (χ4n) is 1.99. The van der Waals surface area contributed by atoms with Crippen molar-refractivity contribution in [1.82, 2.24) is 4.31 Å². The van der Waals surface area contributed by atoms with Crippen LogP contribution in [0.3, 0.4) is 0 Å². The van der Waals surface area contributed by atoms with Crippen LogP contribution in [0.1, 0.15) is 25.3 Å². The van der Waals surface area contributed by atoms with Gasteiger partial charge in [0.1, 0.15) is 5.82 Å². The van der Waals surface area contributed by atoms with Crippen LogP contribution in [0, 0.1) is 5.82 Å². The van der Waals surface area contributed by atoms with Crippen LogP contribution in [-0.4, -0.2) is 25.3 Å². The maximum atomic E-state index is 13.7. The average Bonchev–Trinajstić information content (AvgIpc) is 3.17. The maximum absolute atomic E-state index is 13.7. The van der Waals surface area contributed by atoms with E-state index < -0.39 is 15.8 Å². The van der Waals surface area contributed by atoms with E-state index >= 15 is 0 Å². The molecule has 7 heteroatoms. The van der Waals surface area contributed by atoms with Gasteiger partial charge in [0.15, 0.2) is 0 Å². The molecular formula is C12H14Cl2FNO2S. The first-order valence-corrected chi connectivity index (χ1v) is 8.32. The van der Waals surface area contributed by atoms with Crippen LogP contribution in [0.15, 0.2) is 17.0 Å². The van der Waals surface area contributed by atoms with Crippen LogP contribution in [0.25, 0.3) is 0 Å². The van der Waals surface area contributed by atoms with Gasteiger partial charge in [0.2, 0.25) is 10.0 Å². The van der Waals surface area contributed by atoms with Gasteiger partial charge < -0.3 is 0 Å². The summed E-state index contributed by atoms with van der Waals surface area (Å²) in [5.41, 5.74) is 0.286. The molecule has 106 valence electrons. The van der Waals surface area contributed by atoms with Gasteiger partial charge in [0.25, 0.3) is 0 Å². The minimum absolute atomic E-state index is 0.0331. The van der Waals surface area contributed by atoms with Gasteiger partial charge in [-0.05, 0) is 30.5 Å². The average molecular weight is 326 g/mol. The summed E-state index contributed by atoms with van der Waals surface area (Å²) in [4.78, 5) is -0.0844. The Morgan fingerprint density at radius 2 is 2.05 bits per heavy atom. The number of halogens is 3. The van der Waals surface area contributed by atoms with Crippen LogP contribution in [0.5, 0.6) is 0 Å². The predicted octanol–water partition coefficient (Wildman–Crippen LogP) is 3.39. The van der Waals surface area contributed by atoms with Crippen molar-refractivity contribution in [2.45, 2.75) is 36.6 Å². The highest BCUT2D eigenvalue weighted by Gasteiger charge is 2.37. The first-order chi connectivity index (χ1) is 8.91. The molecule has 0 unspecified atom stereocenters. The van der Waals surface area contributed by atoms with Gasteiger partial charge >= 0.3 is 0 Å². The molecule has 1 aromatic rings. The topological polar surface area (TPSA) is 37.4 Å². The third-order valence-corrected chi connectivity index (χ3v) is 5.81. The van der Waals surface area contributed by atoms with Crippen LogP contribution in [0.4, 0.5) is 4.39 Å². The SMILES string of the molecule is CCN(C1CC1)S(=O)(=O)c1cc(F)c(Cl)c(CCl)c1. The summed E-state index contributed by atoms with van der Waals surface area (Å²) >= 11 is 11.4. The lowest BCUT2D eigenvalue weighted by atomic mass is 10.2. The molecule has 0 bridgehead atoms. The molecule has 1 saturated carbocycles. The largest absolute Gasteiger partial charge is 0.243 e. The summed E-state index contributed by atoms with van der Waals surface area (Å²) in [6.07, 6.45) is 1.71. The summed E-state index contributed by atoms with van der Waals surface area (Å²) in [6.45, 7) is 2.14. The van der Waals surface area contributed by atoms with Gasteiger partial charge in [-0.2, -0.15) is 4.31 Å². The van der Waals surface area contributed by atoms with Gasteiger partial charge in [0.05, 0.1) is 9.92 Å². The van der Waals surface area contributed by atoms with E-state index in [-0.39, 0.29) is 27.4 Å². The van der Waals surface area contributed by atoms with E-state index in [1.807, 2.05) is 0 Å². The Labute approximate surface area is 122 Å². The molecule has 0 saturated heterocycles. The number of rotatable bonds is 5. The molecule has 1 aliphatic rings. The van der Waals surface area contributed by atoms with E-state index in [0.29, 0.717) is 6.54 Å². The molecule has 2 rings (SSSR count). The number of benzene rings is 1. The number of hydrogen-bond acceptors (Lipinski definition) is 2. The Balaban J connectivity index is 2.48. The minimum Gasteiger partial charge on any atom is -0.207 e.